The number of rotatable bonds is 5. The Bertz CT molecular complexity index is 631. The van der Waals surface area contributed by atoms with Crippen molar-refractivity contribution in [2.24, 2.45) is 5.92 Å². The zero-order valence-corrected chi connectivity index (χ0v) is 15.1. The molecule has 0 spiro atoms. The van der Waals surface area contributed by atoms with E-state index in [4.69, 9.17) is 4.42 Å². The van der Waals surface area contributed by atoms with Crippen molar-refractivity contribution in [3.05, 3.63) is 23.7 Å². The van der Waals surface area contributed by atoms with Crippen LogP contribution in [0.2, 0.25) is 0 Å². The second kappa shape index (κ2) is 7.20. The molecule has 0 bridgehead atoms. The van der Waals surface area contributed by atoms with Crippen molar-refractivity contribution in [2.45, 2.75) is 64.0 Å². The Kier molecular flexibility index (Phi) is 5.18. The minimum absolute atomic E-state index is 0.0563. The highest BCUT2D eigenvalue weighted by molar-refractivity contribution is 5.89. The average Bonchev–Trinajstić information content (AvgIpc) is 3.32. The summed E-state index contributed by atoms with van der Waals surface area (Å²) in [6, 6.07) is 3.08. The van der Waals surface area contributed by atoms with Crippen LogP contribution >= 0.6 is 0 Å². The van der Waals surface area contributed by atoms with Crippen molar-refractivity contribution in [3.8, 4) is 0 Å². The molecule has 25 heavy (non-hydrogen) atoms. The van der Waals surface area contributed by atoms with Gasteiger partial charge in [-0.15, -0.1) is 0 Å². The third kappa shape index (κ3) is 3.89. The van der Waals surface area contributed by atoms with Gasteiger partial charge in [-0.2, -0.15) is 0 Å². The Hall–Kier alpha value is -1.82. The smallest absolute Gasteiger partial charge is 0.242 e. The molecule has 1 aliphatic carbocycles. The molecule has 0 radical (unpaired) electrons. The van der Waals surface area contributed by atoms with Crippen LogP contribution in [-0.2, 0) is 15.2 Å². The van der Waals surface area contributed by atoms with E-state index in [0.29, 0.717) is 24.5 Å². The van der Waals surface area contributed by atoms with E-state index in [9.17, 15) is 14.7 Å². The van der Waals surface area contributed by atoms with E-state index in [1.165, 1.54) is 0 Å². The summed E-state index contributed by atoms with van der Waals surface area (Å²) < 4.78 is 5.47. The zero-order valence-electron chi connectivity index (χ0n) is 15.1. The summed E-state index contributed by atoms with van der Waals surface area (Å²) in [6.45, 7) is 4.13. The number of likely N-dealkylation sites (tertiary alicyclic amines) is 1. The molecule has 2 amide bonds. The number of hydrogen-bond donors (Lipinski definition) is 2. The van der Waals surface area contributed by atoms with Crippen molar-refractivity contribution in [1.29, 1.82) is 0 Å². The van der Waals surface area contributed by atoms with Crippen LogP contribution in [0.25, 0.3) is 0 Å². The minimum atomic E-state index is -1.27. The predicted molar refractivity (Wildman–Crippen MR) is 92.7 cm³/mol. The highest BCUT2D eigenvalue weighted by atomic mass is 16.4. The lowest BCUT2D eigenvalue weighted by molar-refractivity contribution is -0.141. The first-order chi connectivity index (χ1) is 11.9. The second-order valence-corrected chi connectivity index (χ2v) is 7.57. The first-order valence-electron chi connectivity index (χ1n) is 9.26. The molecule has 2 aliphatic rings. The van der Waals surface area contributed by atoms with E-state index in [0.717, 1.165) is 32.1 Å². The Balaban J connectivity index is 1.59. The van der Waals surface area contributed by atoms with Gasteiger partial charge in [-0.1, -0.05) is 12.8 Å². The second-order valence-electron chi connectivity index (χ2n) is 7.57. The van der Waals surface area contributed by atoms with E-state index in [1.54, 1.807) is 24.0 Å². The van der Waals surface area contributed by atoms with Gasteiger partial charge in [0.1, 0.15) is 23.2 Å². The molecule has 3 rings (SSSR count). The Labute approximate surface area is 148 Å². The monoisotopic (exact) mass is 348 g/mol. The highest BCUT2D eigenvalue weighted by Gasteiger charge is 2.38. The van der Waals surface area contributed by atoms with E-state index in [1.807, 2.05) is 6.92 Å². The molecule has 1 saturated carbocycles. The molecule has 2 fully saturated rings. The van der Waals surface area contributed by atoms with Crippen molar-refractivity contribution < 1.29 is 19.1 Å². The van der Waals surface area contributed by atoms with Gasteiger partial charge in [0.15, 0.2) is 0 Å². The van der Waals surface area contributed by atoms with Gasteiger partial charge in [-0.05, 0) is 51.7 Å². The third-order valence-electron chi connectivity index (χ3n) is 5.42. The van der Waals surface area contributed by atoms with Crippen LogP contribution in [0.1, 0.15) is 57.0 Å². The lowest BCUT2D eigenvalue weighted by Crippen LogP contribution is -2.50. The van der Waals surface area contributed by atoms with Crippen LogP contribution in [0, 0.1) is 12.8 Å². The van der Waals surface area contributed by atoms with Crippen LogP contribution in [0.3, 0.4) is 0 Å². The molecule has 2 unspecified atom stereocenters. The Morgan fingerprint density at radius 2 is 2.00 bits per heavy atom. The van der Waals surface area contributed by atoms with Crippen molar-refractivity contribution in [3.63, 3.8) is 0 Å². The van der Waals surface area contributed by atoms with Crippen molar-refractivity contribution in [1.82, 2.24) is 10.2 Å². The zero-order chi connectivity index (χ0) is 18.0. The number of hydrogen-bond acceptors (Lipinski definition) is 4. The van der Waals surface area contributed by atoms with Crippen molar-refractivity contribution >= 4 is 11.8 Å². The summed E-state index contributed by atoms with van der Waals surface area (Å²) in [5.74, 6) is 1.17. The van der Waals surface area contributed by atoms with E-state index in [-0.39, 0.29) is 24.3 Å². The fraction of sp³-hybridized carbons (Fsp3) is 0.684. The number of amides is 2. The molecule has 1 aromatic rings. The quantitative estimate of drug-likeness (QED) is 0.854. The van der Waals surface area contributed by atoms with Crippen LogP contribution in [0.15, 0.2) is 16.5 Å². The van der Waals surface area contributed by atoms with Gasteiger partial charge in [-0.3, -0.25) is 9.59 Å². The fourth-order valence-corrected chi connectivity index (χ4v) is 3.90. The predicted octanol–water partition coefficient (Wildman–Crippen LogP) is 2.09. The standard InChI is InChI=1S/C19H28N2O4/c1-13-9-10-16(25-13)19(2,24)12-20-17(22)15-8-5-11-21(15)18(23)14-6-3-4-7-14/h9-10,14-15,24H,3-8,11-12H2,1-2H3,(H,20,22). The first kappa shape index (κ1) is 18.0. The number of aliphatic hydroxyl groups is 1. The number of nitrogens with one attached hydrogen (secondary N) is 1. The number of nitrogens with zero attached hydrogens (tertiary/aromatic N) is 1. The third-order valence-corrected chi connectivity index (χ3v) is 5.42. The van der Waals surface area contributed by atoms with Crippen LogP contribution in [0.5, 0.6) is 0 Å². The summed E-state index contributed by atoms with van der Waals surface area (Å²) in [5, 5.41) is 13.4. The van der Waals surface area contributed by atoms with Gasteiger partial charge in [0.2, 0.25) is 11.8 Å². The van der Waals surface area contributed by atoms with Gasteiger partial charge in [0, 0.05) is 12.5 Å². The molecular formula is C19H28N2O4. The number of carbonyl (C=O) groups excluding carboxylic acids is 2. The van der Waals surface area contributed by atoms with Gasteiger partial charge in [-0.25, -0.2) is 0 Å². The molecule has 6 heteroatoms. The lowest BCUT2D eigenvalue weighted by Gasteiger charge is -2.28. The normalized spacial score (nSPS) is 23.6. The van der Waals surface area contributed by atoms with Crippen LogP contribution < -0.4 is 5.32 Å². The van der Waals surface area contributed by atoms with Crippen LogP contribution in [0.4, 0.5) is 0 Å². The molecule has 138 valence electrons. The van der Waals surface area contributed by atoms with Gasteiger partial charge >= 0.3 is 0 Å². The van der Waals surface area contributed by atoms with Crippen LogP contribution in [-0.4, -0.2) is 41.0 Å². The summed E-state index contributed by atoms with van der Waals surface area (Å²) >= 11 is 0. The largest absolute Gasteiger partial charge is 0.463 e. The SMILES string of the molecule is Cc1ccc(C(C)(O)CNC(=O)C2CCCN2C(=O)C2CCCC2)o1. The molecule has 1 aliphatic heterocycles. The molecule has 1 saturated heterocycles. The molecule has 1 aromatic heterocycles. The number of aryl methyl sites for hydroxylation is 1. The molecule has 6 nitrogen and oxygen atoms in total. The maximum absolute atomic E-state index is 12.7. The van der Waals surface area contributed by atoms with Crippen molar-refractivity contribution in [2.75, 3.05) is 13.1 Å². The topological polar surface area (TPSA) is 82.8 Å². The number of carbonyl (C=O) groups is 2. The minimum Gasteiger partial charge on any atom is -0.463 e. The fourth-order valence-electron chi connectivity index (χ4n) is 3.90. The Morgan fingerprint density at radius 1 is 1.28 bits per heavy atom. The molecule has 2 atom stereocenters. The number of furan rings is 1. The Morgan fingerprint density at radius 3 is 2.64 bits per heavy atom. The van der Waals surface area contributed by atoms with E-state index < -0.39 is 11.6 Å². The van der Waals surface area contributed by atoms with Gasteiger partial charge < -0.3 is 19.7 Å². The average molecular weight is 348 g/mol. The molecular weight excluding hydrogens is 320 g/mol. The maximum atomic E-state index is 12.7. The van der Waals surface area contributed by atoms with Gasteiger partial charge in [0.05, 0.1) is 6.54 Å². The first-order valence-corrected chi connectivity index (χ1v) is 9.26. The maximum Gasteiger partial charge on any atom is 0.242 e. The highest BCUT2D eigenvalue weighted by Crippen LogP contribution is 2.30. The molecule has 2 N–H and O–H groups in total. The molecule has 2 heterocycles. The summed E-state index contributed by atoms with van der Waals surface area (Å²) in [6.07, 6.45) is 5.63. The van der Waals surface area contributed by atoms with E-state index in [2.05, 4.69) is 5.32 Å². The summed E-state index contributed by atoms with van der Waals surface area (Å²) in [5.41, 5.74) is -1.27. The molecule has 0 aromatic carbocycles. The van der Waals surface area contributed by atoms with E-state index >= 15 is 0 Å². The summed E-state index contributed by atoms with van der Waals surface area (Å²) in [4.78, 5) is 27.0. The lowest BCUT2D eigenvalue weighted by atomic mass is 10.0. The summed E-state index contributed by atoms with van der Waals surface area (Å²) in [7, 11) is 0. The van der Waals surface area contributed by atoms with Gasteiger partial charge in [0.25, 0.3) is 0 Å².